The lowest BCUT2D eigenvalue weighted by atomic mass is 10.0. The van der Waals surface area contributed by atoms with Gasteiger partial charge in [-0.3, -0.25) is 0 Å². The van der Waals surface area contributed by atoms with Gasteiger partial charge in [-0.15, -0.1) is 0 Å². The number of aliphatic hydroxyl groups excluding tert-OH is 2. The van der Waals surface area contributed by atoms with Gasteiger partial charge in [-0.2, -0.15) is 0 Å². The summed E-state index contributed by atoms with van der Waals surface area (Å²) in [5.41, 5.74) is 0. The molecule has 0 heterocycles. The summed E-state index contributed by atoms with van der Waals surface area (Å²) >= 11 is 0. The summed E-state index contributed by atoms with van der Waals surface area (Å²) in [5.74, 6) is 0.150. The van der Waals surface area contributed by atoms with Crippen LogP contribution in [0.15, 0.2) is 12.2 Å². The Morgan fingerprint density at radius 3 is 2.50 bits per heavy atom. The maximum Gasteiger partial charge on any atom is 0.0612 e. The third kappa shape index (κ3) is 3.64. The third-order valence-electron chi connectivity index (χ3n) is 1.57. The van der Waals surface area contributed by atoms with E-state index in [1.807, 2.05) is 19.9 Å². The van der Waals surface area contributed by atoms with Crippen molar-refractivity contribution < 1.29 is 10.2 Å². The second-order valence-corrected chi connectivity index (χ2v) is 2.45. The van der Waals surface area contributed by atoms with Crippen molar-refractivity contribution in [2.45, 2.75) is 26.4 Å². The molecule has 0 amide bonds. The zero-order valence-electron chi connectivity index (χ0n) is 6.62. The molecule has 2 N–H and O–H groups in total. The molecular formula is C8H16O2. The average molecular weight is 144 g/mol. The second-order valence-electron chi connectivity index (χ2n) is 2.45. The van der Waals surface area contributed by atoms with Gasteiger partial charge in [-0.1, -0.05) is 26.0 Å². The van der Waals surface area contributed by atoms with Gasteiger partial charge in [0.15, 0.2) is 0 Å². The molecule has 0 unspecified atom stereocenters. The molecular weight excluding hydrogens is 128 g/mol. The molecule has 2 heteroatoms. The van der Waals surface area contributed by atoms with E-state index < -0.39 is 0 Å². The number of aliphatic hydroxyl groups is 2. The van der Waals surface area contributed by atoms with E-state index in [1.165, 1.54) is 0 Å². The maximum atomic E-state index is 9.22. The molecule has 0 aliphatic rings. The average Bonchev–Trinajstić information content (AvgIpc) is 1.98. The highest BCUT2D eigenvalue weighted by Gasteiger charge is 2.06. The minimum absolute atomic E-state index is 0.0563. The molecule has 0 aliphatic carbocycles. The van der Waals surface area contributed by atoms with Crippen LogP contribution in [0, 0.1) is 5.92 Å². The normalized spacial score (nSPS) is 17.6. The lowest BCUT2D eigenvalue weighted by Gasteiger charge is -2.11. The summed E-state index contributed by atoms with van der Waals surface area (Å²) in [4.78, 5) is 0. The van der Waals surface area contributed by atoms with Gasteiger partial charge in [-0.05, 0) is 12.3 Å². The number of hydrogen-bond acceptors (Lipinski definition) is 2. The fraction of sp³-hybridized carbons (Fsp3) is 0.750. The molecule has 0 fully saturated rings. The minimum Gasteiger partial charge on any atom is -0.393 e. The van der Waals surface area contributed by atoms with E-state index in [0.29, 0.717) is 0 Å². The van der Waals surface area contributed by atoms with Crippen LogP contribution >= 0.6 is 0 Å². The van der Waals surface area contributed by atoms with Gasteiger partial charge >= 0.3 is 0 Å². The molecule has 0 aliphatic heterocycles. The molecule has 0 rings (SSSR count). The van der Waals surface area contributed by atoms with Crippen LogP contribution in [0.3, 0.4) is 0 Å². The van der Waals surface area contributed by atoms with Gasteiger partial charge in [0.25, 0.3) is 0 Å². The second kappa shape index (κ2) is 5.45. The first-order valence-corrected chi connectivity index (χ1v) is 3.68. The molecule has 60 valence electrons. The Labute approximate surface area is 62.2 Å². The zero-order valence-corrected chi connectivity index (χ0v) is 6.62. The first kappa shape index (κ1) is 9.66. The van der Waals surface area contributed by atoms with Crippen molar-refractivity contribution in [3.8, 4) is 0 Å². The Balaban J connectivity index is 3.60. The minimum atomic E-state index is -0.275. The van der Waals surface area contributed by atoms with Gasteiger partial charge in [-0.25, -0.2) is 0 Å². The fourth-order valence-electron chi connectivity index (χ4n) is 0.776. The molecule has 0 spiro atoms. The van der Waals surface area contributed by atoms with Crippen molar-refractivity contribution in [3.05, 3.63) is 12.2 Å². The Hall–Kier alpha value is -0.340. The molecule has 0 bridgehead atoms. The first-order valence-electron chi connectivity index (χ1n) is 3.68. The predicted molar refractivity (Wildman–Crippen MR) is 41.7 cm³/mol. The van der Waals surface area contributed by atoms with E-state index in [-0.39, 0.29) is 18.6 Å². The quantitative estimate of drug-likeness (QED) is 0.576. The van der Waals surface area contributed by atoms with Crippen LogP contribution in [0.5, 0.6) is 0 Å². The van der Waals surface area contributed by atoms with E-state index in [9.17, 15) is 5.11 Å². The Bertz CT molecular complexity index is 99.4. The van der Waals surface area contributed by atoms with Crippen molar-refractivity contribution in [1.29, 1.82) is 0 Å². The van der Waals surface area contributed by atoms with E-state index >= 15 is 0 Å². The predicted octanol–water partition coefficient (Wildman–Crippen LogP) is 0.942. The van der Waals surface area contributed by atoms with Crippen molar-refractivity contribution in [2.24, 2.45) is 5.92 Å². The van der Waals surface area contributed by atoms with Crippen molar-refractivity contribution in [2.75, 3.05) is 6.61 Å². The van der Waals surface area contributed by atoms with Crippen LogP contribution in [0.25, 0.3) is 0 Å². The highest BCUT2D eigenvalue weighted by atomic mass is 16.3. The molecule has 10 heavy (non-hydrogen) atoms. The van der Waals surface area contributed by atoms with Crippen LogP contribution in [-0.2, 0) is 0 Å². The van der Waals surface area contributed by atoms with Gasteiger partial charge in [0.2, 0.25) is 0 Å². The lowest BCUT2D eigenvalue weighted by molar-refractivity contribution is 0.133. The summed E-state index contributed by atoms with van der Waals surface area (Å²) in [5, 5.41) is 17.6. The van der Waals surface area contributed by atoms with E-state index in [2.05, 4.69) is 0 Å². The maximum absolute atomic E-state index is 9.22. The molecule has 0 aromatic heterocycles. The monoisotopic (exact) mass is 144 g/mol. The zero-order chi connectivity index (χ0) is 7.98. The number of hydrogen-bond donors (Lipinski definition) is 2. The topological polar surface area (TPSA) is 40.5 Å². The van der Waals surface area contributed by atoms with Crippen molar-refractivity contribution >= 4 is 0 Å². The standard InChI is InChI=1S/C8H16O2/c1-3-8(10)7(2)5-4-6-9/h4-5,7-10H,3,6H2,1-2H3/b5-4+/t7-,8-/m1/s1. The Morgan fingerprint density at radius 2 is 2.10 bits per heavy atom. The first-order chi connectivity index (χ1) is 4.72. The van der Waals surface area contributed by atoms with Gasteiger partial charge in [0.1, 0.15) is 0 Å². The molecule has 2 atom stereocenters. The van der Waals surface area contributed by atoms with Gasteiger partial charge in [0.05, 0.1) is 12.7 Å². The molecule has 0 saturated heterocycles. The summed E-state index contributed by atoms with van der Waals surface area (Å²) in [6.07, 6.45) is 3.97. The highest BCUT2D eigenvalue weighted by Crippen LogP contribution is 2.07. The third-order valence-corrected chi connectivity index (χ3v) is 1.57. The van der Waals surface area contributed by atoms with Gasteiger partial charge in [0, 0.05) is 0 Å². The van der Waals surface area contributed by atoms with Crippen LogP contribution < -0.4 is 0 Å². The lowest BCUT2D eigenvalue weighted by Crippen LogP contribution is -2.13. The summed E-state index contributed by atoms with van der Waals surface area (Å²) in [6, 6.07) is 0. The highest BCUT2D eigenvalue weighted by molar-refractivity contribution is 4.88. The van der Waals surface area contributed by atoms with Crippen LogP contribution in [0.4, 0.5) is 0 Å². The molecule has 0 radical (unpaired) electrons. The molecule has 0 aromatic rings. The SMILES string of the molecule is CC[C@@H](O)[C@H](C)/C=C/CO. The van der Waals surface area contributed by atoms with Crippen LogP contribution in [-0.4, -0.2) is 22.9 Å². The van der Waals surface area contributed by atoms with E-state index in [1.54, 1.807) is 6.08 Å². The van der Waals surface area contributed by atoms with E-state index in [4.69, 9.17) is 5.11 Å². The summed E-state index contributed by atoms with van der Waals surface area (Å²) in [7, 11) is 0. The van der Waals surface area contributed by atoms with Crippen LogP contribution in [0.1, 0.15) is 20.3 Å². The van der Waals surface area contributed by atoms with Gasteiger partial charge < -0.3 is 10.2 Å². The molecule has 0 saturated carbocycles. The molecule has 2 nitrogen and oxygen atoms in total. The largest absolute Gasteiger partial charge is 0.393 e. The van der Waals surface area contributed by atoms with Crippen molar-refractivity contribution in [3.63, 3.8) is 0 Å². The Kier molecular flexibility index (Phi) is 5.26. The molecule has 0 aromatic carbocycles. The van der Waals surface area contributed by atoms with Crippen molar-refractivity contribution in [1.82, 2.24) is 0 Å². The number of rotatable bonds is 4. The Morgan fingerprint density at radius 1 is 1.50 bits per heavy atom. The van der Waals surface area contributed by atoms with Crippen LogP contribution in [0.2, 0.25) is 0 Å². The van der Waals surface area contributed by atoms with E-state index in [0.717, 1.165) is 6.42 Å². The summed E-state index contributed by atoms with van der Waals surface area (Å²) in [6.45, 7) is 3.93. The fourth-order valence-corrected chi connectivity index (χ4v) is 0.776. The summed E-state index contributed by atoms with van der Waals surface area (Å²) < 4.78 is 0. The smallest absolute Gasteiger partial charge is 0.0612 e.